The molecule has 0 spiro atoms. The number of thiophene rings is 2. The maximum absolute atomic E-state index is 14.2. The molecule has 66 heavy (non-hydrogen) atoms. The van der Waals surface area contributed by atoms with Crippen molar-refractivity contribution in [3.8, 4) is 11.5 Å². The second-order valence-corrected chi connectivity index (χ2v) is 20.3. The number of aliphatic hydroxyl groups excluding tert-OH is 3. The van der Waals surface area contributed by atoms with Gasteiger partial charge in [-0.05, 0) is 74.1 Å². The number of aliphatic carboxylic acids is 1. The van der Waals surface area contributed by atoms with Crippen LogP contribution < -0.4 is 19.3 Å². The lowest BCUT2D eigenvalue weighted by molar-refractivity contribution is -0.270. The Bertz CT molecular complexity index is 2540. The normalized spacial score (nSPS) is 22.6. The zero-order valence-electron chi connectivity index (χ0n) is 37.5. The van der Waals surface area contributed by atoms with E-state index in [4.69, 9.17) is 42.1 Å². The summed E-state index contributed by atoms with van der Waals surface area (Å²) >= 11 is 15.8. The summed E-state index contributed by atoms with van der Waals surface area (Å²) in [6, 6.07) is 3.31. The fraction of sp³-hybridized carbons (Fsp3) is 0.533. The number of likely N-dealkylation sites (N-methyl/N-ethyl adjacent to an activating group) is 2. The molecule has 7 rings (SSSR count). The molecule has 3 aliphatic heterocycles. The first-order valence-electron chi connectivity index (χ1n) is 21.4. The van der Waals surface area contributed by atoms with Crippen molar-refractivity contribution >= 4 is 107 Å². The molecule has 21 heteroatoms. The minimum atomic E-state index is -1.90. The quantitative estimate of drug-likeness (QED) is 0.105. The molecule has 3 aliphatic rings. The summed E-state index contributed by atoms with van der Waals surface area (Å²) in [7, 11) is 3.15. The van der Waals surface area contributed by atoms with Crippen LogP contribution in [0.1, 0.15) is 74.1 Å². The predicted molar refractivity (Wildman–Crippen MR) is 251 cm³/mol. The standard InChI is InChI=1S/C45H54Cl2N4O13S2/c1-21-19-65-39-27(61-42-37(56)35(54)36(55)38(63-42)41(57)58)13-25-33(31(21)39)23(15-46)17-50(25)29(52)9-8-10-30(53)51-18-24(16-47)34-26(51)14-28(40-32(34)22(2)20-66-40)62-43(59)48(6)11-12-49(7)44(60)64-45(3,4)5/h13-14,19-20,23-24,35-38,42,54-56H,8-12,15-18H2,1-7H3,(H,57,58)/t23-,24-,35+,36+,37-,38+,42-/m1/s1. The van der Waals surface area contributed by atoms with Crippen LogP contribution in [0.2, 0.25) is 0 Å². The Kier molecular flexibility index (Phi) is 14.7. The highest BCUT2D eigenvalue weighted by Crippen LogP contribution is 2.51. The molecule has 4 amide bonds. The minimum Gasteiger partial charge on any atom is -0.479 e. The van der Waals surface area contributed by atoms with E-state index in [2.05, 4.69) is 0 Å². The van der Waals surface area contributed by atoms with Gasteiger partial charge in [-0.15, -0.1) is 45.9 Å². The van der Waals surface area contributed by atoms with Gasteiger partial charge >= 0.3 is 18.2 Å². The van der Waals surface area contributed by atoms with Gasteiger partial charge in [-0.25, -0.2) is 14.4 Å². The highest BCUT2D eigenvalue weighted by molar-refractivity contribution is 7.18. The molecule has 5 heterocycles. The minimum absolute atomic E-state index is 0.00747. The Morgan fingerprint density at radius 2 is 1.26 bits per heavy atom. The number of halogens is 2. The monoisotopic (exact) mass is 992 g/mol. The molecule has 0 bridgehead atoms. The molecule has 0 aliphatic carbocycles. The van der Waals surface area contributed by atoms with E-state index in [9.17, 15) is 44.4 Å². The van der Waals surface area contributed by atoms with Crippen molar-refractivity contribution in [2.75, 3.05) is 61.8 Å². The number of aryl methyl sites for hydroxylation is 2. The van der Waals surface area contributed by atoms with Crippen LogP contribution in [0.25, 0.3) is 20.2 Å². The molecule has 0 radical (unpaired) electrons. The number of nitrogens with zero attached hydrogens (tertiary/aromatic N) is 4. The summed E-state index contributed by atoms with van der Waals surface area (Å²) in [5, 5.41) is 46.5. The first kappa shape index (κ1) is 49.4. The van der Waals surface area contributed by atoms with E-state index in [1.54, 1.807) is 56.8 Å². The van der Waals surface area contributed by atoms with Crippen molar-refractivity contribution in [2.24, 2.45) is 0 Å². The third-order valence-electron chi connectivity index (χ3n) is 12.0. The van der Waals surface area contributed by atoms with Crippen molar-refractivity contribution in [3.63, 3.8) is 0 Å². The molecule has 0 saturated carbocycles. The van der Waals surface area contributed by atoms with Gasteiger partial charge in [0.1, 0.15) is 29.7 Å². The van der Waals surface area contributed by atoms with Gasteiger partial charge in [0.2, 0.25) is 18.1 Å². The third-order valence-corrected chi connectivity index (χ3v) is 15.0. The SMILES string of the molecule is Cc1csc2c(OC(=O)N(C)CCN(C)C(=O)OC(C)(C)C)cc3c(c12)[C@H](CCl)CN3C(=O)CCCC(=O)N1C[C@@H](CCl)c2c1cc(O[C@@H]1O[C@H](C(=O)O)[C@@H](O)[C@H](O)[C@H]1O)c1scc(C)c21. The number of anilines is 2. The molecular formula is C45H54Cl2N4O13S2. The maximum atomic E-state index is 14.2. The fourth-order valence-electron chi connectivity index (χ4n) is 8.62. The predicted octanol–water partition coefficient (Wildman–Crippen LogP) is 6.51. The molecule has 0 unspecified atom stereocenters. The molecule has 1 fully saturated rings. The maximum Gasteiger partial charge on any atom is 0.415 e. The van der Waals surface area contributed by atoms with Gasteiger partial charge in [-0.1, -0.05) is 0 Å². The number of ether oxygens (including phenoxy) is 4. The van der Waals surface area contributed by atoms with E-state index in [-0.39, 0.29) is 85.8 Å². The second kappa shape index (κ2) is 19.6. The lowest BCUT2D eigenvalue weighted by atomic mass is 9.96. The number of alkyl halides is 2. The highest BCUT2D eigenvalue weighted by atomic mass is 35.5. The molecule has 2 aromatic heterocycles. The Morgan fingerprint density at radius 1 is 0.773 bits per heavy atom. The van der Waals surface area contributed by atoms with Crippen LogP contribution in [0, 0.1) is 13.8 Å². The van der Waals surface area contributed by atoms with Gasteiger partial charge in [-0.2, -0.15) is 0 Å². The van der Waals surface area contributed by atoms with Crippen LogP contribution in [0.3, 0.4) is 0 Å². The molecule has 358 valence electrons. The molecular weight excluding hydrogens is 940 g/mol. The number of benzene rings is 2. The Morgan fingerprint density at radius 3 is 1.74 bits per heavy atom. The number of carbonyl (C=O) groups excluding carboxylic acids is 4. The number of hydrogen-bond donors (Lipinski definition) is 4. The Balaban J connectivity index is 1.07. The van der Waals surface area contributed by atoms with Crippen LogP contribution in [0.15, 0.2) is 22.9 Å². The zero-order chi connectivity index (χ0) is 48.1. The highest BCUT2D eigenvalue weighted by Gasteiger charge is 2.49. The van der Waals surface area contributed by atoms with Crippen LogP contribution in [-0.4, -0.2) is 149 Å². The number of carboxylic acid groups (broad SMARTS) is 1. The summed E-state index contributed by atoms with van der Waals surface area (Å²) in [4.78, 5) is 72.0. The van der Waals surface area contributed by atoms with Gasteiger partial charge in [0, 0.05) is 99.6 Å². The number of hydrogen-bond acceptors (Lipinski definition) is 14. The fourth-order valence-corrected chi connectivity index (χ4v) is 11.2. The number of aliphatic hydroxyl groups is 3. The van der Waals surface area contributed by atoms with E-state index in [0.717, 1.165) is 37.7 Å². The number of carboxylic acids is 1. The van der Waals surface area contributed by atoms with E-state index >= 15 is 0 Å². The van der Waals surface area contributed by atoms with Crippen molar-refractivity contribution in [2.45, 2.75) is 102 Å². The second-order valence-electron chi connectivity index (χ2n) is 18.0. The number of rotatable bonds is 13. The molecule has 4 aromatic rings. The summed E-state index contributed by atoms with van der Waals surface area (Å²) in [6.07, 6.45) is -10.1. The largest absolute Gasteiger partial charge is 0.479 e. The zero-order valence-corrected chi connectivity index (χ0v) is 40.7. The van der Waals surface area contributed by atoms with E-state index < -0.39 is 54.5 Å². The molecule has 7 atom stereocenters. The number of carbonyl (C=O) groups is 5. The summed E-state index contributed by atoms with van der Waals surface area (Å²) in [6.45, 7) is 10.1. The van der Waals surface area contributed by atoms with E-state index in [0.29, 0.717) is 22.6 Å². The lowest BCUT2D eigenvalue weighted by Crippen LogP contribution is -2.61. The summed E-state index contributed by atoms with van der Waals surface area (Å²) in [5.41, 5.74) is 3.93. The molecule has 1 saturated heterocycles. The van der Waals surface area contributed by atoms with E-state index in [1.807, 2.05) is 24.6 Å². The summed E-state index contributed by atoms with van der Waals surface area (Å²) < 4.78 is 24.3. The molecule has 2 aromatic carbocycles. The Hall–Kier alpha value is -4.47. The van der Waals surface area contributed by atoms with Crippen molar-refractivity contribution in [3.05, 3.63) is 45.1 Å². The van der Waals surface area contributed by atoms with Gasteiger partial charge in [0.05, 0.1) is 20.8 Å². The lowest BCUT2D eigenvalue weighted by Gasteiger charge is -2.38. The van der Waals surface area contributed by atoms with Gasteiger partial charge < -0.3 is 59.0 Å². The van der Waals surface area contributed by atoms with Gasteiger partial charge in [0.25, 0.3) is 0 Å². The van der Waals surface area contributed by atoms with Crippen molar-refractivity contribution in [1.29, 1.82) is 0 Å². The van der Waals surface area contributed by atoms with Crippen LogP contribution >= 0.6 is 45.9 Å². The average Bonchev–Trinajstić information content (AvgIpc) is 4.04. The molecule has 4 N–H and O–H groups in total. The smallest absolute Gasteiger partial charge is 0.415 e. The van der Waals surface area contributed by atoms with E-state index in [1.165, 1.54) is 32.5 Å². The first-order chi connectivity index (χ1) is 31.1. The van der Waals surface area contributed by atoms with Crippen LogP contribution in [-0.2, 0) is 23.9 Å². The number of amides is 4. The van der Waals surface area contributed by atoms with Crippen LogP contribution in [0.5, 0.6) is 11.5 Å². The van der Waals surface area contributed by atoms with Gasteiger partial charge in [-0.3, -0.25) is 9.59 Å². The average molecular weight is 994 g/mol. The van der Waals surface area contributed by atoms with Gasteiger partial charge in [0.15, 0.2) is 11.9 Å². The molecule has 17 nitrogen and oxygen atoms in total. The van der Waals surface area contributed by atoms with Crippen LogP contribution in [0.4, 0.5) is 21.0 Å². The van der Waals surface area contributed by atoms with Crippen molar-refractivity contribution in [1.82, 2.24) is 9.80 Å². The Labute approximate surface area is 399 Å². The van der Waals surface area contributed by atoms with Crippen molar-refractivity contribution < 1.29 is 63.3 Å². The number of fused-ring (bicyclic) bond motifs is 6. The summed E-state index contributed by atoms with van der Waals surface area (Å²) in [5.74, 6) is -1.65. The topological polar surface area (TPSA) is 216 Å². The first-order valence-corrected chi connectivity index (χ1v) is 24.3. The third kappa shape index (κ3) is 9.63.